The van der Waals surface area contributed by atoms with E-state index in [1.807, 2.05) is 63.2 Å². The molecule has 3 heterocycles. The van der Waals surface area contributed by atoms with Crippen molar-refractivity contribution in [3.63, 3.8) is 0 Å². The number of hydrogen-bond acceptors (Lipinski definition) is 8. The van der Waals surface area contributed by atoms with Gasteiger partial charge in [0.15, 0.2) is 11.4 Å². The molecular formula is C39H51BF2N5O5+. The fraction of sp³-hybridized carbons (Fsp3) is 0.410. The summed E-state index contributed by atoms with van der Waals surface area (Å²) in [7, 11) is -2.67. The number of benzene rings is 2. The molecule has 278 valence electrons. The number of H-pyrrole nitrogens is 1. The fourth-order valence-corrected chi connectivity index (χ4v) is 6.32. The summed E-state index contributed by atoms with van der Waals surface area (Å²) < 4.78 is 58.0. The summed E-state index contributed by atoms with van der Waals surface area (Å²) in [4.78, 5) is 5.64. The average Bonchev–Trinajstić information content (AvgIpc) is 3.62. The highest BCUT2D eigenvalue weighted by Crippen LogP contribution is 2.36. The third-order valence-corrected chi connectivity index (χ3v) is 8.88. The first kappa shape index (κ1) is 39.0. The van der Waals surface area contributed by atoms with Crippen LogP contribution >= 0.6 is 0 Å². The molecule has 0 spiro atoms. The predicted octanol–water partition coefficient (Wildman–Crippen LogP) is 6.02. The molecule has 52 heavy (non-hydrogen) atoms. The number of rotatable bonds is 7. The number of aromatic amines is 1. The number of ether oxygens (including phenoxy) is 5. The van der Waals surface area contributed by atoms with Crippen LogP contribution in [0.15, 0.2) is 78.1 Å². The number of aromatic nitrogens is 1. The summed E-state index contributed by atoms with van der Waals surface area (Å²) in [6.07, 6.45) is 3.56. The molecule has 1 aromatic heterocycles. The van der Waals surface area contributed by atoms with Gasteiger partial charge in [0.05, 0.1) is 83.0 Å². The molecule has 1 saturated heterocycles. The van der Waals surface area contributed by atoms with E-state index in [1.165, 1.54) is 0 Å². The molecule has 0 bridgehead atoms. The zero-order chi connectivity index (χ0) is 36.9. The van der Waals surface area contributed by atoms with Crippen molar-refractivity contribution in [2.24, 2.45) is 5.73 Å². The van der Waals surface area contributed by atoms with E-state index in [0.717, 1.165) is 55.1 Å². The molecule has 0 saturated carbocycles. The molecule has 5 rings (SSSR count). The number of aryl methyl sites for hydroxylation is 2. The average molecular weight is 719 g/mol. The largest absolute Gasteiger partial charge is 0.934 e. The minimum absolute atomic E-state index is 0.495. The molecule has 0 amide bonds. The normalized spacial score (nSPS) is 18.8. The van der Waals surface area contributed by atoms with Crippen molar-refractivity contribution in [2.45, 2.75) is 27.7 Å². The summed E-state index contributed by atoms with van der Waals surface area (Å²) >= 11 is 0. The lowest BCUT2D eigenvalue weighted by Crippen LogP contribution is -2.31. The van der Waals surface area contributed by atoms with Gasteiger partial charge in [-0.15, -0.1) is 0 Å². The first-order valence-corrected chi connectivity index (χ1v) is 17.8. The Morgan fingerprint density at radius 1 is 0.769 bits per heavy atom. The second-order valence-corrected chi connectivity index (χ2v) is 12.8. The Morgan fingerprint density at radius 2 is 1.29 bits per heavy atom. The van der Waals surface area contributed by atoms with E-state index in [4.69, 9.17) is 29.4 Å². The second kappa shape index (κ2) is 19.5. The van der Waals surface area contributed by atoms with Crippen molar-refractivity contribution in [3.8, 4) is 0 Å². The molecule has 2 aliphatic heterocycles. The lowest BCUT2D eigenvalue weighted by atomic mass is 9.93. The molecule has 2 aromatic carbocycles. The lowest BCUT2D eigenvalue weighted by molar-refractivity contribution is -0.343. The van der Waals surface area contributed by atoms with E-state index in [2.05, 4.69) is 27.3 Å². The van der Waals surface area contributed by atoms with Crippen molar-refractivity contribution >= 4 is 35.8 Å². The Labute approximate surface area is 306 Å². The number of nitrogens with zero attached hydrogens (tertiary/aromatic N) is 2. The van der Waals surface area contributed by atoms with Crippen molar-refractivity contribution in [1.29, 1.82) is 0 Å². The van der Waals surface area contributed by atoms with Gasteiger partial charge in [-0.3, -0.25) is 0 Å². The van der Waals surface area contributed by atoms with Crippen LogP contribution in [0.3, 0.4) is 0 Å². The third-order valence-electron chi connectivity index (χ3n) is 8.88. The molecule has 2 aliphatic rings. The minimum Gasteiger partial charge on any atom is -0.397 e. The van der Waals surface area contributed by atoms with Crippen molar-refractivity contribution in [3.05, 3.63) is 106 Å². The molecule has 3 aromatic rings. The first-order valence-electron chi connectivity index (χ1n) is 17.8. The number of nitrogens with one attached hydrogen (secondary N) is 2. The van der Waals surface area contributed by atoms with E-state index in [0.29, 0.717) is 96.3 Å². The second-order valence-electron chi connectivity index (χ2n) is 12.8. The molecule has 4 N–H and O–H groups in total. The van der Waals surface area contributed by atoms with Gasteiger partial charge in [0.25, 0.3) is 0 Å². The maximum absolute atomic E-state index is 14.3. The molecular weight excluding hydrogens is 667 g/mol. The van der Waals surface area contributed by atoms with Gasteiger partial charge in [0, 0.05) is 54.9 Å². The smallest absolute Gasteiger partial charge is 0.397 e. The third kappa shape index (κ3) is 10.6. The van der Waals surface area contributed by atoms with E-state index < -0.39 is 7.40 Å². The highest BCUT2D eigenvalue weighted by Gasteiger charge is 2.44. The number of hydrogen-bond donors (Lipinski definition) is 3. The van der Waals surface area contributed by atoms with Crippen LogP contribution in [-0.2, 0) is 23.7 Å². The van der Waals surface area contributed by atoms with E-state index in [1.54, 1.807) is 19.2 Å². The molecule has 1 fully saturated rings. The van der Waals surface area contributed by atoms with Crippen LogP contribution in [-0.4, -0.2) is 102 Å². The van der Waals surface area contributed by atoms with E-state index >= 15 is 0 Å². The highest BCUT2D eigenvalue weighted by atomic mass is 19.2. The van der Waals surface area contributed by atoms with E-state index in [9.17, 15) is 8.63 Å². The molecule has 0 radical (unpaired) electrons. The Balaban J connectivity index is 1.26. The quantitative estimate of drug-likeness (QED) is 0.255. The summed E-state index contributed by atoms with van der Waals surface area (Å²) in [6.45, 7) is 14.3. The van der Waals surface area contributed by atoms with Crippen molar-refractivity contribution < 1.29 is 36.8 Å². The number of nitrogens with two attached hydrogens (primary N) is 1. The maximum atomic E-state index is 14.3. The van der Waals surface area contributed by atoms with Gasteiger partial charge in [0.2, 0.25) is 0 Å². The Bertz CT molecular complexity index is 1720. The van der Waals surface area contributed by atoms with Gasteiger partial charge in [0.1, 0.15) is 0 Å². The van der Waals surface area contributed by atoms with Crippen LogP contribution in [0.2, 0.25) is 0 Å². The number of anilines is 2. The minimum atomic E-state index is -2.67. The molecule has 13 heteroatoms. The standard InChI is InChI=1S/C39H50BF2N5O5/c1-28-25-30(3)45-38(28)37(39-29(2)26-31(4)47(39)40(41)42)33-7-5-32(6-8-33)36(43)27-44-34-9-11-35(12-10-34)46-13-15-48-17-19-50-21-23-52-24-22-51-20-18-49-16-14-46/h5-12,25-27H,13-24,43H2,1-4H3,(H,44,45)/p+1. The first-order chi connectivity index (χ1) is 25.2. The van der Waals surface area contributed by atoms with Crippen LogP contribution in [0.1, 0.15) is 41.9 Å². The zero-order valence-corrected chi connectivity index (χ0v) is 30.7. The van der Waals surface area contributed by atoms with Crippen LogP contribution in [0.4, 0.5) is 20.0 Å². The summed E-state index contributed by atoms with van der Waals surface area (Å²) in [6, 6.07) is 17.8. The maximum Gasteiger partial charge on any atom is 0.934 e. The number of allylic oxidation sites excluding steroid dienone is 2. The number of halogens is 2. The lowest BCUT2D eigenvalue weighted by Gasteiger charge is -2.25. The Kier molecular flexibility index (Phi) is 14.6. The van der Waals surface area contributed by atoms with Gasteiger partial charge in [-0.05, 0) is 67.8 Å². The topological polar surface area (TPSA) is 106 Å². The van der Waals surface area contributed by atoms with Crippen LogP contribution in [0.5, 0.6) is 0 Å². The molecule has 0 unspecified atom stereocenters. The summed E-state index contributed by atoms with van der Waals surface area (Å²) in [5.41, 5.74) is 15.9. The van der Waals surface area contributed by atoms with Crippen LogP contribution in [0, 0.1) is 13.8 Å². The van der Waals surface area contributed by atoms with Gasteiger partial charge in [-0.25, -0.2) is 13.1 Å². The van der Waals surface area contributed by atoms with Crippen molar-refractivity contribution in [1.82, 2.24) is 4.98 Å². The predicted molar refractivity (Wildman–Crippen MR) is 204 cm³/mol. The summed E-state index contributed by atoms with van der Waals surface area (Å²) in [5, 5.41) is 3.30. The van der Waals surface area contributed by atoms with Gasteiger partial charge < -0.3 is 44.6 Å². The Morgan fingerprint density at radius 3 is 1.79 bits per heavy atom. The molecule has 10 nitrogen and oxygen atoms in total. The molecule has 0 aliphatic carbocycles. The monoisotopic (exact) mass is 718 g/mol. The zero-order valence-electron chi connectivity index (χ0n) is 30.7. The van der Waals surface area contributed by atoms with Gasteiger partial charge in [-0.2, -0.15) is 0 Å². The highest BCUT2D eigenvalue weighted by molar-refractivity contribution is 6.35. The summed E-state index contributed by atoms with van der Waals surface area (Å²) in [5.74, 6) is 0. The van der Waals surface area contributed by atoms with Gasteiger partial charge >= 0.3 is 7.40 Å². The van der Waals surface area contributed by atoms with Crippen LogP contribution < -0.4 is 16.0 Å². The van der Waals surface area contributed by atoms with Crippen molar-refractivity contribution in [2.75, 3.05) is 89.4 Å². The van der Waals surface area contributed by atoms with Gasteiger partial charge in [-0.1, -0.05) is 24.3 Å². The fourth-order valence-electron chi connectivity index (χ4n) is 6.32. The van der Waals surface area contributed by atoms with E-state index in [-0.39, 0.29) is 0 Å². The Hall–Kier alpha value is -4.27. The molecule has 0 atom stereocenters. The SMILES string of the molecule is CC1=CC(C)=[N+](B(F)F)/C1=C(/c1ccc(/C(N)=C/Nc2ccc(N3CCOCCOCCOCCOCCOCC3)cc2)cc1)c1[nH]c(C)cc1C. The van der Waals surface area contributed by atoms with Crippen LogP contribution in [0.25, 0.3) is 11.3 Å².